The number of fused-ring (bicyclic) bond motifs is 1. The van der Waals surface area contributed by atoms with E-state index in [4.69, 9.17) is 0 Å². The second-order valence-electron chi connectivity index (χ2n) is 7.82. The second kappa shape index (κ2) is 8.13. The number of piperidine rings is 1. The molecule has 0 saturated carbocycles. The van der Waals surface area contributed by atoms with E-state index in [0.717, 1.165) is 17.7 Å². The van der Waals surface area contributed by atoms with Crippen LogP contribution in [0.3, 0.4) is 0 Å². The van der Waals surface area contributed by atoms with Gasteiger partial charge >= 0.3 is 0 Å². The van der Waals surface area contributed by atoms with Gasteiger partial charge in [-0.1, -0.05) is 48.5 Å². The van der Waals surface area contributed by atoms with Crippen molar-refractivity contribution in [2.75, 3.05) is 18.0 Å². The van der Waals surface area contributed by atoms with E-state index in [9.17, 15) is 13.2 Å². The maximum atomic E-state index is 13.2. The molecule has 0 aromatic heterocycles. The summed E-state index contributed by atoms with van der Waals surface area (Å²) in [6.45, 7) is 2.83. The third kappa shape index (κ3) is 4.14. The zero-order chi connectivity index (χ0) is 20.4. The lowest BCUT2D eigenvalue weighted by atomic mass is 9.96. The number of benzene rings is 2. The minimum atomic E-state index is -3.48. The van der Waals surface area contributed by atoms with E-state index in [0.29, 0.717) is 25.9 Å². The first-order chi connectivity index (χ1) is 14.0. The van der Waals surface area contributed by atoms with Crippen LogP contribution in [-0.2, 0) is 21.2 Å². The molecule has 1 amide bonds. The summed E-state index contributed by atoms with van der Waals surface area (Å²) in [5.74, 6) is -0.00696. The third-order valence-corrected chi connectivity index (χ3v) is 7.40. The highest BCUT2D eigenvalue weighted by atomic mass is 32.2. The summed E-state index contributed by atoms with van der Waals surface area (Å²) in [5.41, 5.74) is 3.06. The van der Waals surface area contributed by atoms with E-state index in [-0.39, 0.29) is 17.9 Å². The first-order valence-corrected chi connectivity index (χ1v) is 11.6. The molecule has 0 spiro atoms. The fourth-order valence-corrected chi connectivity index (χ4v) is 5.49. The number of carbonyl (C=O) groups excluding carboxylic acids is 1. The molecule has 2 aromatic rings. The number of nitrogens with zero attached hydrogens (tertiary/aromatic N) is 2. The number of anilines is 1. The van der Waals surface area contributed by atoms with Crippen molar-refractivity contribution in [3.8, 4) is 0 Å². The van der Waals surface area contributed by atoms with E-state index in [1.54, 1.807) is 6.08 Å². The molecule has 2 heterocycles. The molecule has 0 radical (unpaired) electrons. The maximum absolute atomic E-state index is 13.2. The lowest BCUT2D eigenvalue weighted by molar-refractivity contribution is -0.123. The van der Waals surface area contributed by atoms with Gasteiger partial charge in [-0.2, -0.15) is 4.31 Å². The Kier molecular flexibility index (Phi) is 5.56. The highest BCUT2D eigenvalue weighted by Crippen LogP contribution is 2.34. The number of amides is 1. The van der Waals surface area contributed by atoms with Crippen LogP contribution in [0.2, 0.25) is 0 Å². The minimum absolute atomic E-state index is 0.124. The molecule has 2 aliphatic heterocycles. The van der Waals surface area contributed by atoms with E-state index in [1.165, 1.54) is 15.3 Å². The van der Waals surface area contributed by atoms with E-state index < -0.39 is 10.0 Å². The predicted octanol–water partition coefficient (Wildman–Crippen LogP) is 3.68. The monoisotopic (exact) mass is 410 g/mol. The van der Waals surface area contributed by atoms with Crippen LogP contribution in [0, 0.1) is 5.92 Å². The van der Waals surface area contributed by atoms with Crippen LogP contribution in [-0.4, -0.2) is 37.8 Å². The molecule has 1 saturated heterocycles. The van der Waals surface area contributed by atoms with Gasteiger partial charge in [0.1, 0.15) is 0 Å². The number of sulfonamides is 1. The smallest absolute Gasteiger partial charge is 0.236 e. The zero-order valence-corrected chi connectivity index (χ0v) is 17.4. The molecule has 4 rings (SSSR count). The molecule has 152 valence electrons. The molecule has 1 fully saturated rings. The highest BCUT2D eigenvalue weighted by Gasteiger charge is 2.37. The second-order valence-corrected chi connectivity index (χ2v) is 9.64. The Morgan fingerprint density at radius 3 is 2.38 bits per heavy atom. The van der Waals surface area contributed by atoms with Crippen molar-refractivity contribution in [2.45, 2.75) is 32.2 Å². The van der Waals surface area contributed by atoms with Gasteiger partial charge in [-0.25, -0.2) is 8.42 Å². The first kappa shape index (κ1) is 19.9. The number of para-hydroxylation sites is 1. The normalized spacial score (nSPS) is 20.9. The maximum Gasteiger partial charge on any atom is 0.236 e. The van der Waals surface area contributed by atoms with Crippen molar-refractivity contribution in [3.05, 3.63) is 71.1 Å². The Labute approximate surface area is 172 Å². The van der Waals surface area contributed by atoms with Crippen LogP contribution in [0.25, 0.3) is 6.08 Å². The number of rotatable bonds is 4. The summed E-state index contributed by atoms with van der Waals surface area (Å²) in [6.07, 6.45) is 3.61. The van der Waals surface area contributed by atoms with E-state index in [2.05, 4.69) is 13.0 Å². The third-order valence-electron chi connectivity index (χ3n) is 5.84. The molecule has 0 N–H and O–H groups in total. The lowest BCUT2D eigenvalue weighted by Crippen LogP contribution is -2.45. The number of carbonyl (C=O) groups is 1. The summed E-state index contributed by atoms with van der Waals surface area (Å²) < 4.78 is 26.8. The van der Waals surface area contributed by atoms with Crippen molar-refractivity contribution < 1.29 is 13.2 Å². The van der Waals surface area contributed by atoms with E-state index >= 15 is 0 Å². The number of hydrogen-bond acceptors (Lipinski definition) is 3. The Morgan fingerprint density at radius 1 is 1.00 bits per heavy atom. The van der Waals surface area contributed by atoms with Crippen molar-refractivity contribution in [1.29, 1.82) is 0 Å². The van der Waals surface area contributed by atoms with Gasteiger partial charge in [-0.15, -0.1) is 0 Å². The summed E-state index contributed by atoms with van der Waals surface area (Å²) in [7, 11) is -3.48. The van der Waals surface area contributed by atoms with Crippen molar-refractivity contribution >= 4 is 27.7 Å². The van der Waals surface area contributed by atoms with Crippen LogP contribution in [0.1, 0.15) is 30.9 Å². The molecular formula is C23H26N2O3S. The van der Waals surface area contributed by atoms with Crippen LogP contribution in [0.4, 0.5) is 5.69 Å². The zero-order valence-electron chi connectivity index (χ0n) is 16.6. The van der Waals surface area contributed by atoms with Crippen LogP contribution >= 0.6 is 0 Å². The molecular weight excluding hydrogens is 384 g/mol. The summed E-state index contributed by atoms with van der Waals surface area (Å²) in [6, 6.07) is 17.6. The molecule has 0 bridgehead atoms. The van der Waals surface area contributed by atoms with Gasteiger partial charge < -0.3 is 4.90 Å². The molecule has 2 aromatic carbocycles. The molecule has 29 heavy (non-hydrogen) atoms. The Hall–Kier alpha value is -2.44. The van der Waals surface area contributed by atoms with Crippen LogP contribution in [0.15, 0.2) is 60.0 Å². The van der Waals surface area contributed by atoms with Gasteiger partial charge in [0.2, 0.25) is 15.9 Å². The largest absolute Gasteiger partial charge is 0.309 e. The van der Waals surface area contributed by atoms with Gasteiger partial charge in [0, 0.05) is 36.1 Å². The molecule has 1 atom stereocenters. The van der Waals surface area contributed by atoms with E-state index in [1.807, 2.05) is 53.4 Å². The molecule has 5 nitrogen and oxygen atoms in total. The van der Waals surface area contributed by atoms with Crippen molar-refractivity contribution in [3.63, 3.8) is 0 Å². The highest BCUT2D eigenvalue weighted by molar-refractivity contribution is 7.92. The standard InChI is InChI=1S/C23H26N2O3S/c1-18-17-21-9-5-6-10-22(21)25(18)23(26)20-11-14-24(15-12-20)29(27,28)16-13-19-7-3-2-4-8-19/h2-10,13,16,18,20H,11-12,14-15,17H2,1H3/b16-13+. The Balaban J connectivity index is 1.40. The van der Waals surface area contributed by atoms with Crippen LogP contribution < -0.4 is 4.90 Å². The minimum Gasteiger partial charge on any atom is -0.309 e. The van der Waals surface area contributed by atoms with Crippen LogP contribution in [0.5, 0.6) is 0 Å². The van der Waals surface area contributed by atoms with Gasteiger partial charge in [-0.05, 0) is 49.5 Å². The fourth-order valence-electron chi connectivity index (χ4n) is 4.27. The fraction of sp³-hybridized carbons (Fsp3) is 0.348. The Morgan fingerprint density at radius 2 is 1.66 bits per heavy atom. The van der Waals surface area contributed by atoms with Gasteiger partial charge in [0.15, 0.2) is 0 Å². The molecule has 6 heteroatoms. The van der Waals surface area contributed by atoms with Crippen molar-refractivity contribution in [2.24, 2.45) is 5.92 Å². The summed E-state index contributed by atoms with van der Waals surface area (Å²) in [5, 5.41) is 1.27. The molecule has 0 aliphatic carbocycles. The molecule has 1 unspecified atom stereocenters. The topological polar surface area (TPSA) is 57.7 Å². The van der Waals surface area contributed by atoms with Gasteiger partial charge in [0.05, 0.1) is 0 Å². The average molecular weight is 411 g/mol. The Bertz CT molecular complexity index is 1010. The SMILES string of the molecule is CC1Cc2ccccc2N1C(=O)C1CCN(S(=O)(=O)/C=C/c2ccccc2)CC1. The first-order valence-electron chi connectivity index (χ1n) is 10.1. The lowest BCUT2D eigenvalue weighted by Gasteiger charge is -2.33. The molecule has 2 aliphatic rings. The summed E-state index contributed by atoms with van der Waals surface area (Å²) in [4.78, 5) is 15.1. The van der Waals surface area contributed by atoms with Gasteiger partial charge in [-0.3, -0.25) is 4.79 Å². The number of hydrogen-bond donors (Lipinski definition) is 0. The quantitative estimate of drug-likeness (QED) is 0.773. The predicted molar refractivity (Wildman–Crippen MR) is 116 cm³/mol. The summed E-state index contributed by atoms with van der Waals surface area (Å²) >= 11 is 0. The van der Waals surface area contributed by atoms with Gasteiger partial charge in [0.25, 0.3) is 0 Å². The average Bonchev–Trinajstić information content (AvgIpc) is 3.08. The van der Waals surface area contributed by atoms with Crippen molar-refractivity contribution in [1.82, 2.24) is 4.31 Å².